The van der Waals surface area contributed by atoms with Crippen LogP contribution < -0.4 is 0 Å². The Morgan fingerprint density at radius 2 is 2.07 bits per heavy atom. The number of aliphatic hydroxyl groups is 1. The molecule has 72 valence electrons. The largest absolute Gasteiger partial charge is 0.393 e. The molecule has 1 heterocycles. The van der Waals surface area contributed by atoms with Crippen LogP contribution in [0.2, 0.25) is 0 Å². The Labute approximate surface area is 82.6 Å². The predicted molar refractivity (Wildman–Crippen MR) is 56.3 cm³/mol. The van der Waals surface area contributed by atoms with E-state index in [1.807, 2.05) is 6.20 Å². The number of benzene rings is 1. The second-order valence-electron chi connectivity index (χ2n) is 4.11. The SMILES string of the molecule is OC1CC(c2cccc3cc[nH]c23)C1. The highest BCUT2D eigenvalue weighted by molar-refractivity contribution is 5.83. The standard InChI is InChI=1S/C12H13NO/c14-10-6-9(7-10)11-3-1-2-8-4-5-13-12(8)11/h1-5,9-10,13-14H,6-7H2. The van der Waals surface area contributed by atoms with Gasteiger partial charge in [0, 0.05) is 11.7 Å². The topological polar surface area (TPSA) is 36.0 Å². The van der Waals surface area contributed by atoms with Crippen LogP contribution in [0.15, 0.2) is 30.5 Å². The Morgan fingerprint density at radius 3 is 2.86 bits per heavy atom. The molecule has 2 heteroatoms. The van der Waals surface area contributed by atoms with Crippen LogP contribution in [-0.4, -0.2) is 16.2 Å². The Bertz CT molecular complexity index is 454. The van der Waals surface area contributed by atoms with E-state index in [1.165, 1.54) is 16.5 Å². The fourth-order valence-corrected chi connectivity index (χ4v) is 2.29. The number of hydrogen-bond donors (Lipinski definition) is 2. The van der Waals surface area contributed by atoms with E-state index < -0.39 is 0 Å². The Hall–Kier alpha value is -1.28. The maximum atomic E-state index is 9.29. The molecule has 1 saturated carbocycles. The lowest BCUT2D eigenvalue weighted by Crippen LogP contribution is -2.26. The van der Waals surface area contributed by atoms with Crippen molar-refractivity contribution in [2.45, 2.75) is 24.9 Å². The molecule has 0 atom stereocenters. The number of rotatable bonds is 1. The molecule has 2 N–H and O–H groups in total. The Kier molecular flexibility index (Phi) is 1.64. The molecule has 14 heavy (non-hydrogen) atoms. The number of aliphatic hydroxyl groups excluding tert-OH is 1. The average molecular weight is 187 g/mol. The molecule has 1 fully saturated rings. The lowest BCUT2D eigenvalue weighted by atomic mass is 9.77. The monoisotopic (exact) mass is 187 g/mol. The van der Waals surface area contributed by atoms with Crippen LogP contribution in [0.1, 0.15) is 24.3 Å². The van der Waals surface area contributed by atoms with Gasteiger partial charge in [-0.05, 0) is 35.8 Å². The van der Waals surface area contributed by atoms with Crippen LogP contribution in [-0.2, 0) is 0 Å². The summed E-state index contributed by atoms with van der Waals surface area (Å²) in [5.74, 6) is 0.548. The van der Waals surface area contributed by atoms with Crippen molar-refractivity contribution < 1.29 is 5.11 Å². The fourth-order valence-electron chi connectivity index (χ4n) is 2.29. The van der Waals surface area contributed by atoms with E-state index >= 15 is 0 Å². The van der Waals surface area contributed by atoms with Crippen LogP contribution in [0, 0.1) is 0 Å². The number of fused-ring (bicyclic) bond motifs is 1. The van der Waals surface area contributed by atoms with Crippen molar-refractivity contribution >= 4 is 10.9 Å². The smallest absolute Gasteiger partial charge is 0.0552 e. The first kappa shape index (κ1) is 8.06. The molecule has 1 aromatic heterocycles. The van der Waals surface area contributed by atoms with Crippen molar-refractivity contribution in [3.05, 3.63) is 36.0 Å². The number of H-pyrrole nitrogens is 1. The highest BCUT2D eigenvalue weighted by Crippen LogP contribution is 2.39. The number of nitrogens with one attached hydrogen (secondary N) is 1. The van der Waals surface area contributed by atoms with E-state index in [-0.39, 0.29) is 6.10 Å². The molecule has 0 unspecified atom stereocenters. The molecular weight excluding hydrogens is 174 g/mol. The highest BCUT2D eigenvalue weighted by atomic mass is 16.3. The maximum absolute atomic E-state index is 9.29. The van der Waals surface area contributed by atoms with Crippen molar-refractivity contribution in [1.82, 2.24) is 4.98 Å². The summed E-state index contributed by atoms with van der Waals surface area (Å²) in [5, 5.41) is 10.6. The van der Waals surface area contributed by atoms with E-state index in [0.29, 0.717) is 5.92 Å². The Balaban J connectivity index is 2.07. The van der Waals surface area contributed by atoms with Crippen LogP contribution in [0.4, 0.5) is 0 Å². The zero-order valence-electron chi connectivity index (χ0n) is 7.90. The first-order valence-electron chi connectivity index (χ1n) is 5.08. The van der Waals surface area contributed by atoms with Gasteiger partial charge in [-0.25, -0.2) is 0 Å². The van der Waals surface area contributed by atoms with Gasteiger partial charge in [-0.15, -0.1) is 0 Å². The zero-order chi connectivity index (χ0) is 9.54. The fraction of sp³-hybridized carbons (Fsp3) is 0.333. The van der Waals surface area contributed by atoms with Gasteiger partial charge in [-0.2, -0.15) is 0 Å². The molecule has 2 nitrogen and oxygen atoms in total. The lowest BCUT2D eigenvalue weighted by molar-refractivity contribution is 0.0751. The van der Waals surface area contributed by atoms with Gasteiger partial charge in [-0.1, -0.05) is 18.2 Å². The number of aromatic nitrogens is 1. The first-order chi connectivity index (χ1) is 6.84. The quantitative estimate of drug-likeness (QED) is 0.706. The minimum absolute atomic E-state index is 0.0785. The Morgan fingerprint density at radius 1 is 1.21 bits per heavy atom. The summed E-state index contributed by atoms with van der Waals surface area (Å²) in [6.07, 6.45) is 3.73. The van der Waals surface area contributed by atoms with Crippen molar-refractivity contribution in [2.24, 2.45) is 0 Å². The van der Waals surface area contributed by atoms with Crippen molar-refractivity contribution in [1.29, 1.82) is 0 Å². The van der Waals surface area contributed by atoms with Crippen molar-refractivity contribution in [2.75, 3.05) is 0 Å². The minimum atomic E-state index is -0.0785. The predicted octanol–water partition coefficient (Wildman–Crippen LogP) is 2.41. The number of para-hydroxylation sites is 1. The second-order valence-corrected chi connectivity index (χ2v) is 4.11. The molecular formula is C12H13NO. The normalized spacial score (nSPS) is 26.4. The van der Waals surface area contributed by atoms with Gasteiger partial charge in [0.25, 0.3) is 0 Å². The minimum Gasteiger partial charge on any atom is -0.393 e. The summed E-state index contributed by atoms with van der Waals surface area (Å²) < 4.78 is 0. The average Bonchev–Trinajstić information content (AvgIpc) is 2.60. The molecule has 0 bridgehead atoms. The van der Waals surface area contributed by atoms with Gasteiger partial charge in [0.15, 0.2) is 0 Å². The third kappa shape index (κ3) is 1.07. The van der Waals surface area contributed by atoms with Crippen LogP contribution in [0.5, 0.6) is 0 Å². The molecule has 0 aliphatic heterocycles. The van der Waals surface area contributed by atoms with Crippen molar-refractivity contribution in [3.63, 3.8) is 0 Å². The molecule has 1 aliphatic carbocycles. The highest BCUT2D eigenvalue weighted by Gasteiger charge is 2.29. The van der Waals surface area contributed by atoms with Gasteiger partial charge in [-0.3, -0.25) is 0 Å². The summed E-state index contributed by atoms with van der Waals surface area (Å²) in [7, 11) is 0. The lowest BCUT2D eigenvalue weighted by Gasteiger charge is -2.32. The number of hydrogen-bond acceptors (Lipinski definition) is 1. The van der Waals surface area contributed by atoms with E-state index in [0.717, 1.165) is 12.8 Å². The summed E-state index contributed by atoms with van der Waals surface area (Å²) >= 11 is 0. The van der Waals surface area contributed by atoms with Crippen LogP contribution >= 0.6 is 0 Å². The molecule has 0 saturated heterocycles. The van der Waals surface area contributed by atoms with Crippen LogP contribution in [0.25, 0.3) is 10.9 Å². The molecule has 0 spiro atoms. The molecule has 1 aromatic carbocycles. The summed E-state index contributed by atoms with van der Waals surface area (Å²) in [6.45, 7) is 0. The van der Waals surface area contributed by atoms with Gasteiger partial charge in [0.2, 0.25) is 0 Å². The summed E-state index contributed by atoms with van der Waals surface area (Å²) in [4.78, 5) is 3.27. The molecule has 3 rings (SSSR count). The van der Waals surface area contributed by atoms with Gasteiger partial charge < -0.3 is 10.1 Å². The molecule has 1 aliphatic rings. The maximum Gasteiger partial charge on any atom is 0.0552 e. The van der Waals surface area contributed by atoms with E-state index in [1.54, 1.807) is 0 Å². The zero-order valence-corrected chi connectivity index (χ0v) is 7.90. The third-order valence-electron chi connectivity index (χ3n) is 3.17. The van der Waals surface area contributed by atoms with E-state index in [4.69, 9.17) is 0 Å². The molecule has 0 amide bonds. The van der Waals surface area contributed by atoms with E-state index in [2.05, 4.69) is 29.2 Å². The number of aromatic amines is 1. The first-order valence-corrected chi connectivity index (χ1v) is 5.08. The van der Waals surface area contributed by atoms with Crippen LogP contribution in [0.3, 0.4) is 0 Å². The molecule has 2 aromatic rings. The second kappa shape index (κ2) is 2.85. The summed E-state index contributed by atoms with van der Waals surface area (Å²) in [6, 6.07) is 8.46. The van der Waals surface area contributed by atoms with Gasteiger partial charge >= 0.3 is 0 Å². The van der Waals surface area contributed by atoms with Crippen molar-refractivity contribution in [3.8, 4) is 0 Å². The summed E-state index contributed by atoms with van der Waals surface area (Å²) in [5.41, 5.74) is 2.60. The molecule has 0 radical (unpaired) electrons. The third-order valence-corrected chi connectivity index (χ3v) is 3.17. The van der Waals surface area contributed by atoms with Gasteiger partial charge in [0.1, 0.15) is 0 Å². The van der Waals surface area contributed by atoms with Gasteiger partial charge in [0.05, 0.1) is 6.10 Å². The van der Waals surface area contributed by atoms with E-state index in [9.17, 15) is 5.11 Å².